The van der Waals surface area contributed by atoms with Gasteiger partial charge in [-0.1, -0.05) is 6.07 Å². The lowest BCUT2D eigenvalue weighted by atomic mass is 9.87. The van der Waals surface area contributed by atoms with Crippen molar-refractivity contribution in [2.24, 2.45) is 0 Å². The summed E-state index contributed by atoms with van der Waals surface area (Å²) in [6, 6.07) is 7.41. The quantitative estimate of drug-likeness (QED) is 0.280. The molecule has 3 heterocycles. The molecule has 0 unspecified atom stereocenters. The second-order valence-electron chi connectivity index (χ2n) is 9.26. The molecule has 3 aromatic carbocycles. The molecule has 3 aliphatic rings. The van der Waals surface area contributed by atoms with Crippen LogP contribution in [0.5, 0.6) is 11.5 Å². The second-order valence-corrected chi connectivity index (χ2v) is 12.9. The van der Waals surface area contributed by atoms with Crippen LogP contribution in [0.1, 0.15) is 35.1 Å². The van der Waals surface area contributed by atoms with Gasteiger partial charge >= 0.3 is 0 Å². The molecule has 0 amide bonds. The highest BCUT2D eigenvalue weighted by molar-refractivity contribution is 9.10. The fraction of sp³-hybridized carbons (Fsp3) is 0.240. The molecule has 8 nitrogen and oxygen atoms in total. The van der Waals surface area contributed by atoms with Crippen molar-refractivity contribution in [1.82, 2.24) is 4.58 Å². The number of hydrogen-bond donors (Lipinski definition) is 1. The molecule has 0 spiro atoms. The Balaban J connectivity index is 1.82. The molecule has 0 atom stereocenters. The van der Waals surface area contributed by atoms with Crippen LogP contribution in [0.4, 0.5) is 4.39 Å². The molecule has 37 heavy (non-hydrogen) atoms. The topological polar surface area (TPSA) is 124 Å². The zero-order valence-corrected chi connectivity index (χ0v) is 22.3. The number of hydrogen-bond acceptors (Lipinski definition) is 6. The Labute approximate surface area is 220 Å². The first-order valence-electron chi connectivity index (χ1n) is 11.5. The number of nitrogens with zero attached hydrogens (tertiary/aromatic N) is 1. The SMILES string of the molecule is O=S(=O)([O-])c1cc(S(=O)(=O)O)ccc1C1=c2cc3c4c(c2Oc2cc(F)c(Br)cc21)CCC[N+]=4CCC3. The van der Waals surface area contributed by atoms with Crippen molar-refractivity contribution in [3.63, 3.8) is 0 Å². The third kappa shape index (κ3) is 4.02. The molecule has 1 N–H and O–H groups in total. The summed E-state index contributed by atoms with van der Waals surface area (Å²) in [7, 11) is -9.99. The van der Waals surface area contributed by atoms with Crippen LogP contribution in [-0.4, -0.2) is 39.0 Å². The lowest BCUT2D eigenvalue weighted by Gasteiger charge is -2.27. The van der Waals surface area contributed by atoms with E-state index in [1.165, 1.54) is 18.2 Å². The van der Waals surface area contributed by atoms with Crippen LogP contribution in [0, 0.1) is 5.82 Å². The third-order valence-electron chi connectivity index (χ3n) is 7.04. The summed E-state index contributed by atoms with van der Waals surface area (Å²) in [4.78, 5) is -1.54. The average molecular weight is 608 g/mol. The predicted octanol–water partition coefficient (Wildman–Crippen LogP) is 2.48. The molecule has 0 bridgehead atoms. The Hall–Kier alpha value is -2.64. The predicted molar refractivity (Wildman–Crippen MR) is 133 cm³/mol. The lowest BCUT2D eigenvalue weighted by Crippen LogP contribution is -2.45. The van der Waals surface area contributed by atoms with Gasteiger partial charge in [-0.3, -0.25) is 4.55 Å². The minimum absolute atomic E-state index is 0.0673. The van der Waals surface area contributed by atoms with Crippen LogP contribution in [0.2, 0.25) is 0 Å². The Bertz CT molecular complexity index is 1880. The van der Waals surface area contributed by atoms with Crippen LogP contribution >= 0.6 is 15.9 Å². The monoisotopic (exact) mass is 607 g/mol. The van der Waals surface area contributed by atoms with Crippen LogP contribution in [0.3, 0.4) is 0 Å². The molecule has 0 aliphatic carbocycles. The van der Waals surface area contributed by atoms with Crippen molar-refractivity contribution in [1.29, 1.82) is 0 Å². The number of benzene rings is 3. The molecule has 12 heteroatoms. The van der Waals surface area contributed by atoms with Gasteiger partial charge in [0.1, 0.15) is 40.5 Å². The second kappa shape index (κ2) is 8.43. The normalized spacial score (nSPS) is 16.5. The zero-order chi connectivity index (χ0) is 26.3. The van der Waals surface area contributed by atoms with Gasteiger partial charge < -0.3 is 9.29 Å². The molecule has 3 aliphatic heterocycles. The van der Waals surface area contributed by atoms with Crippen molar-refractivity contribution in [3.8, 4) is 11.5 Å². The van der Waals surface area contributed by atoms with Gasteiger partial charge in [-0.05, 0) is 53.0 Å². The van der Waals surface area contributed by atoms with E-state index < -0.39 is 35.8 Å². The summed E-state index contributed by atoms with van der Waals surface area (Å²) in [6.07, 6.45) is 3.33. The van der Waals surface area contributed by atoms with Gasteiger partial charge in [0.05, 0.1) is 19.8 Å². The van der Waals surface area contributed by atoms with Crippen molar-refractivity contribution >= 4 is 41.7 Å². The van der Waals surface area contributed by atoms with E-state index in [9.17, 15) is 30.3 Å². The van der Waals surface area contributed by atoms with E-state index in [0.717, 1.165) is 54.9 Å². The number of fused-ring (bicyclic) bond motifs is 3. The Morgan fingerprint density at radius 1 is 1.00 bits per heavy atom. The van der Waals surface area contributed by atoms with Gasteiger partial charge in [0, 0.05) is 46.4 Å². The van der Waals surface area contributed by atoms with Crippen molar-refractivity contribution in [2.45, 2.75) is 35.5 Å². The van der Waals surface area contributed by atoms with Gasteiger partial charge in [-0.2, -0.15) is 8.42 Å². The molecule has 0 aromatic heterocycles. The van der Waals surface area contributed by atoms with Crippen molar-refractivity contribution < 1.29 is 35.1 Å². The summed E-state index contributed by atoms with van der Waals surface area (Å²) >= 11 is 3.17. The number of rotatable bonds is 3. The molecular weight excluding hydrogens is 589 g/mol. The third-order valence-corrected chi connectivity index (χ3v) is 9.37. The summed E-state index contributed by atoms with van der Waals surface area (Å²) in [5.41, 5.74) is 2.57. The minimum atomic E-state index is -5.20. The Morgan fingerprint density at radius 3 is 2.43 bits per heavy atom. The summed E-state index contributed by atoms with van der Waals surface area (Å²) in [5.74, 6) is 0.0104. The van der Waals surface area contributed by atoms with E-state index in [-0.39, 0.29) is 15.8 Å². The standard InChI is InChI=1S/C25H19BrFNO7S2/c26-19-11-17-21(12-20(19)27)35-25-16-4-2-8-28-7-1-3-13(24(16)28)9-18(25)23(17)15-6-5-14(36(29,30)31)10-22(15)37(32,33)34/h5-6,9-12H,1-4,7-8H2,(H-,29,30,31,32,33,34). The summed E-state index contributed by atoms with van der Waals surface area (Å²) in [5, 5.41) is 1.61. The molecule has 0 radical (unpaired) electrons. The van der Waals surface area contributed by atoms with E-state index in [2.05, 4.69) is 20.5 Å². The van der Waals surface area contributed by atoms with Gasteiger partial charge in [0.2, 0.25) is 5.36 Å². The number of halogens is 2. The molecule has 6 rings (SSSR count). The maximum absolute atomic E-state index is 14.6. The number of aryl methyl sites for hydroxylation is 1. The van der Waals surface area contributed by atoms with Gasteiger partial charge in [-0.15, -0.1) is 0 Å². The largest absolute Gasteiger partial charge is 0.744 e. The van der Waals surface area contributed by atoms with Crippen LogP contribution in [0.15, 0.2) is 50.7 Å². The highest BCUT2D eigenvalue weighted by Crippen LogP contribution is 2.42. The first-order chi connectivity index (χ1) is 17.4. The minimum Gasteiger partial charge on any atom is -0.744 e. The Morgan fingerprint density at radius 2 is 1.73 bits per heavy atom. The molecule has 192 valence electrons. The van der Waals surface area contributed by atoms with E-state index in [0.29, 0.717) is 34.6 Å². The smallest absolute Gasteiger partial charge is 0.294 e. The van der Waals surface area contributed by atoms with E-state index in [1.807, 2.05) is 6.07 Å². The maximum atomic E-state index is 14.6. The van der Waals surface area contributed by atoms with Crippen molar-refractivity contribution in [3.05, 3.63) is 79.5 Å². The van der Waals surface area contributed by atoms with Crippen LogP contribution in [-0.2, 0) is 33.1 Å². The first kappa shape index (κ1) is 24.7. The summed E-state index contributed by atoms with van der Waals surface area (Å²) in [6.45, 7) is 1.81. The maximum Gasteiger partial charge on any atom is 0.294 e. The van der Waals surface area contributed by atoms with Gasteiger partial charge in [0.25, 0.3) is 10.1 Å². The van der Waals surface area contributed by atoms with Gasteiger partial charge in [-0.25, -0.2) is 17.4 Å². The summed E-state index contributed by atoms with van der Waals surface area (Å²) < 4.78 is 93.4. The molecule has 3 aromatic rings. The number of ether oxygens (including phenoxy) is 1. The zero-order valence-electron chi connectivity index (χ0n) is 19.1. The molecular formula is C25H19BrFNO7S2. The molecule has 0 saturated carbocycles. The molecule has 0 saturated heterocycles. The lowest BCUT2D eigenvalue weighted by molar-refractivity contribution is 0.434. The highest BCUT2D eigenvalue weighted by Gasteiger charge is 2.32. The van der Waals surface area contributed by atoms with Crippen LogP contribution < -0.4 is 19.9 Å². The highest BCUT2D eigenvalue weighted by atomic mass is 79.9. The van der Waals surface area contributed by atoms with Gasteiger partial charge in [0.15, 0.2) is 0 Å². The average Bonchev–Trinajstić information content (AvgIpc) is 2.83. The first-order valence-corrected chi connectivity index (χ1v) is 15.1. The van der Waals surface area contributed by atoms with Crippen molar-refractivity contribution in [2.75, 3.05) is 13.1 Å². The van der Waals surface area contributed by atoms with E-state index in [4.69, 9.17) is 4.74 Å². The molecule has 0 fully saturated rings. The fourth-order valence-electron chi connectivity index (χ4n) is 5.56. The van der Waals surface area contributed by atoms with E-state index >= 15 is 0 Å². The Kier molecular flexibility index (Phi) is 5.63. The fourth-order valence-corrected chi connectivity index (χ4v) is 7.20. The van der Waals surface area contributed by atoms with Crippen LogP contribution in [0.25, 0.3) is 5.57 Å². The van der Waals surface area contributed by atoms with E-state index in [1.54, 1.807) is 0 Å².